The van der Waals surface area contributed by atoms with E-state index < -0.39 is 21.5 Å². The van der Waals surface area contributed by atoms with Crippen molar-refractivity contribution in [2.75, 3.05) is 18.7 Å². The second-order valence-electron chi connectivity index (χ2n) is 7.11. The molecular formula is C21H19F2N5O3S. The van der Waals surface area contributed by atoms with Crippen LogP contribution in [0.1, 0.15) is 11.3 Å². The normalized spacial score (nSPS) is 11.7. The lowest BCUT2D eigenvalue weighted by molar-refractivity contribution is 0.377. The number of rotatable bonds is 6. The van der Waals surface area contributed by atoms with Crippen molar-refractivity contribution in [3.8, 4) is 16.9 Å². The first kappa shape index (κ1) is 21.6. The summed E-state index contributed by atoms with van der Waals surface area (Å²) < 4.78 is 58.4. The Balaban J connectivity index is 1.71. The Morgan fingerprint density at radius 2 is 1.78 bits per heavy atom. The summed E-state index contributed by atoms with van der Waals surface area (Å²) in [5, 5.41) is 11.2. The van der Waals surface area contributed by atoms with Gasteiger partial charge in [-0.2, -0.15) is 0 Å². The number of sulfone groups is 1. The number of pyridine rings is 2. The van der Waals surface area contributed by atoms with Gasteiger partial charge >= 0.3 is 0 Å². The smallest absolute Gasteiger partial charge is 0.192 e. The van der Waals surface area contributed by atoms with Crippen LogP contribution in [-0.4, -0.2) is 41.4 Å². The topological polar surface area (TPSA) is 98.5 Å². The molecule has 0 bridgehead atoms. The van der Waals surface area contributed by atoms with Gasteiger partial charge in [0.2, 0.25) is 0 Å². The van der Waals surface area contributed by atoms with Gasteiger partial charge < -0.3 is 10.1 Å². The Kier molecular flexibility index (Phi) is 5.51. The Morgan fingerprint density at radius 3 is 2.47 bits per heavy atom. The maximum Gasteiger partial charge on any atom is 0.192 e. The highest BCUT2D eigenvalue weighted by Gasteiger charge is 2.17. The fourth-order valence-electron chi connectivity index (χ4n) is 3.44. The van der Waals surface area contributed by atoms with E-state index in [2.05, 4.69) is 20.5 Å². The lowest BCUT2D eigenvalue weighted by Crippen LogP contribution is -2.08. The van der Waals surface area contributed by atoms with Gasteiger partial charge in [0.05, 0.1) is 12.7 Å². The van der Waals surface area contributed by atoms with Crippen LogP contribution in [0.5, 0.6) is 5.75 Å². The van der Waals surface area contributed by atoms with Crippen LogP contribution in [0.25, 0.3) is 16.8 Å². The first-order valence-corrected chi connectivity index (χ1v) is 11.4. The highest BCUT2D eigenvalue weighted by Crippen LogP contribution is 2.30. The summed E-state index contributed by atoms with van der Waals surface area (Å²) in [5.41, 5.74) is 2.44. The average Bonchev–Trinajstić information content (AvgIpc) is 3.24. The molecule has 0 spiro atoms. The quantitative estimate of drug-likeness (QED) is 0.472. The number of nitrogens with one attached hydrogen (secondary N) is 1. The summed E-state index contributed by atoms with van der Waals surface area (Å²) in [4.78, 5) is 4.20. The maximum atomic E-state index is 14.3. The lowest BCUT2D eigenvalue weighted by Gasteiger charge is -2.14. The van der Waals surface area contributed by atoms with Crippen molar-refractivity contribution in [2.45, 2.75) is 18.5 Å². The van der Waals surface area contributed by atoms with Crippen molar-refractivity contribution in [1.82, 2.24) is 19.6 Å². The Labute approximate surface area is 182 Å². The monoisotopic (exact) mass is 459 g/mol. The third-order valence-electron chi connectivity index (χ3n) is 4.99. The van der Waals surface area contributed by atoms with Crippen LogP contribution < -0.4 is 10.1 Å². The average molecular weight is 459 g/mol. The fourth-order valence-corrected chi connectivity index (χ4v) is 4.05. The standard InChI is InChI=1S/C21H19F2N5O3S/c1-12-13(5-9-19(26-12)32(3,29)30)14-4-8-18(28-11-25-27-21(14)28)24-10-15-16(22)6-7-17(23)20(15)31-2/h4-9,11,24H,10H2,1-3H3. The number of fused-ring (bicyclic) bond motifs is 1. The van der Waals surface area contributed by atoms with Crippen LogP contribution in [0.15, 0.2) is 47.8 Å². The molecule has 32 heavy (non-hydrogen) atoms. The molecule has 4 rings (SSSR count). The molecule has 0 atom stereocenters. The zero-order valence-electron chi connectivity index (χ0n) is 17.4. The van der Waals surface area contributed by atoms with E-state index in [1.165, 1.54) is 19.5 Å². The van der Waals surface area contributed by atoms with Gasteiger partial charge in [-0.25, -0.2) is 22.2 Å². The molecule has 8 nitrogen and oxygen atoms in total. The first-order chi connectivity index (χ1) is 15.2. The summed E-state index contributed by atoms with van der Waals surface area (Å²) in [7, 11) is -2.15. The van der Waals surface area contributed by atoms with Crippen molar-refractivity contribution < 1.29 is 21.9 Å². The molecule has 0 fully saturated rings. The third-order valence-corrected chi connectivity index (χ3v) is 5.98. The number of benzene rings is 1. The predicted octanol–water partition coefficient (Wildman–Crippen LogP) is 3.40. The van der Waals surface area contributed by atoms with Crippen molar-refractivity contribution in [3.63, 3.8) is 0 Å². The second kappa shape index (κ2) is 8.15. The van der Waals surface area contributed by atoms with E-state index in [0.717, 1.165) is 18.4 Å². The number of methoxy groups -OCH3 is 1. The van der Waals surface area contributed by atoms with Crippen LogP contribution >= 0.6 is 0 Å². The summed E-state index contributed by atoms with van der Waals surface area (Å²) in [5.74, 6) is -0.879. The summed E-state index contributed by atoms with van der Waals surface area (Å²) in [6.45, 7) is 1.67. The molecule has 0 radical (unpaired) electrons. The molecule has 4 aromatic rings. The van der Waals surface area contributed by atoms with E-state index >= 15 is 0 Å². The maximum absolute atomic E-state index is 14.3. The molecule has 0 unspecified atom stereocenters. The molecule has 11 heteroatoms. The molecule has 0 saturated carbocycles. The molecule has 0 aliphatic heterocycles. The van der Waals surface area contributed by atoms with Gasteiger partial charge in [-0.15, -0.1) is 10.2 Å². The number of hydrogen-bond donors (Lipinski definition) is 1. The minimum Gasteiger partial charge on any atom is -0.493 e. The Morgan fingerprint density at radius 1 is 1.06 bits per heavy atom. The van der Waals surface area contributed by atoms with Crippen molar-refractivity contribution >= 4 is 21.3 Å². The number of anilines is 1. The van der Waals surface area contributed by atoms with E-state index in [0.29, 0.717) is 28.3 Å². The molecule has 166 valence electrons. The Hall–Kier alpha value is -3.60. The number of aromatic nitrogens is 4. The van der Waals surface area contributed by atoms with Gasteiger partial charge in [-0.05, 0) is 43.3 Å². The third kappa shape index (κ3) is 3.86. The van der Waals surface area contributed by atoms with Gasteiger partial charge in [-0.3, -0.25) is 4.40 Å². The van der Waals surface area contributed by atoms with Gasteiger partial charge in [0.25, 0.3) is 0 Å². The van der Waals surface area contributed by atoms with E-state index in [4.69, 9.17) is 4.74 Å². The van der Waals surface area contributed by atoms with Crippen LogP contribution in [0.2, 0.25) is 0 Å². The van der Waals surface area contributed by atoms with E-state index in [9.17, 15) is 17.2 Å². The zero-order chi connectivity index (χ0) is 23.0. The zero-order valence-corrected chi connectivity index (χ0v) is 18.2. The molecule has 0 aliphatic carbocycles. The number of halogens is 2. The van der Waals surface area contributed by atoms with Gasteiger partial charge in [0.1, 0.15) is 18.0 Å². The van der Waals surface area contributed by atoms with Crippen LogP contribution in [0.4, 0.5) is 14.6 Å². The fraction of sp³-hybridized carbons (Fsp3) is 0.190. The number of aryl methyl sites for hydroxylation is 1. The lowest BCUT2D eigenvalue weighted by atomic mass is 10.1. The predicted molar refractivity (Wildman–Crippen MR) is 114 cm³/mol. The van der Waals surface area contributed by atoms with Crippen molar-refractivity contribution in [2.24, 2.45) is 0 Å². The van der Waals surface area contributed by atoms with Crippen LogP contribution in [-0.2, 0) is 16.4 Å². The highest BCUT2D eigenvalue weighted by molar-refractivity contribution is 7.90. The second-order valence-corrected chi connectivity index (χ2v) is 9.07. The number of ether oxygens (including phenoxy) is 1. The molecule has 1 N–H and O–H groups in total. The summed E-state index contributed by atoms with van der Waals surface area (Å²) in [6.07, 6.45) is 2.58. The minimum absolute atomic E-state index is 0.0133. The van der Waals surface area contributed by atoms with Gasteiger partial charge in [-0.1, -0.05) is 0 Å². The van der Waals surface area contributed by atoms with Crippen molar-refractivity contribution in [1.29, 1.82) is 0 Å². The summed E-state index contributed by atoms with van der Waals surface area (Å²) in [6, 6.07) is 8.67. The van der Waals surface area contributed by atoms with Crippen LogP contribution in [0, 0.1) is 18.6 Å². The molecule has 3 heterocycles. The van der Waals surface area contributed by atoms with Gasteiger partial charge in [0, 0.05) is 29.6 Å². The largest absolute Gasteiger partial charge is 0.493 e. The number of nitrogens with zero attached hydrogens (tertiary/aromatic N) is 4. The molecule has 1 aromatic carbocycles. The molecule has 0 saturated heterocycles. The highest BCUT2D eigenvalue weighted by atomic mass is 32.2. The molecular weight excluding hydrogens is 440 g/mol. The number of hydrogen-bond acceptors (Lipinski definition) is 7. The van der Waals surface area contributed by atoms with E-state index in [1.807, 2.05) is 0 Å². The van der Waals surface area contributed by atoms with E-state index in [1.54, 1.807) is 29.5 Å². The Bertz CT molecular complexity index is 1440. The SMILES string of the molecule is COc1c(F)ccc(F)c1CNc1ccc(-c2ccc(S(C)(=O)=O)nc2C)c2nncn12. The molecule has 0 amide bonds. The first-order valence-electron chi connectivity index (χ1n) is 9.46. The van der Waals surface area contributed by atoms with Gasteiger partial charge in [0.15, 0.2) is 32.1 Å². The minimum atomic E-state index is -3.43. The molecule has 3 aromatic heterocycles. The van der Waals surface area contributed by atoms with Crippen LogP contribution in [0.3, 0.4) is 0 Å². The summed E-state index contributed by atoms with van der Waals surface area (Å²) >= 11 is 0. The molecule has 0 aliphatic rings. The van der Waals surface area contributed by atoms with Crippen molar-refractivity contribution in [3.05, 3.63) is 65.6 Å². The van der Waals surface area contributed by atoms with E-state index in [-0.39, 0.29) is 22.9 Å².